The largest absolute Gasteiger partial charge is 0.364 e. The third-order valence-electron chi connectivity index (χ3n) is 3.48. The second-order valence-corrected chi connectivity index (χ2v) is 5.32. The molecule has 3 nitrogen and oxygen atoms in total. The minimum Gasteiger partial charge on any atom is -0.364 e. The van der Waals surface area contributed by atoms with E-state index in [-0.39, 0.29) is 18.1 Å². The Kier molecular flexibility index (Phi) is 4.44. The second kappa shape index (κ2) is 6.11. The van der Waals surface area contributed by atoms with Crippen LogP contribution in [0.4, 0.5) is 10.2 Å². The molecule has 0 aliphatic rings. The van der Waals surface area contributed by atoms with Gasteiger partial charge in [0.2, 0.25) is 11.6 Å². The van der Waals surface area contributed by atoms with Crippen molar-refractivity contribution in [2.45, 2.75) is 19.3 Å². The Morgan fingerprint density at radius 3 is 2.71 bits per heavy atom. The van der Waals surface area contributed by atoms with Crippen LogP contribution in [0, 0.1) is 12.4 Å². The number of carbonyl (C=O) groups excluding carboxylic acids is 1. The summed E-state index contributed by atoms with van der Waals surface area (Å²) in [6, 6.07) is 7.70. The van der Waals surface area contributed by atoms with Gasteiger partial charge in [0.25, 0.3) is 0 Å². The van der Waals surface area contributed by atoms with E-state index in [0.717, 1.165) is 0 Å². The predicted molar refractivity (Wildman–Crippen MR) is 80.4 cm³/mol. The van der Waals surface area contributed by atoms with Crippen LogP contribution in [-0.2, 0) is 7.05 Å². The Morgan fingerprint density at radius 1 is 1.43 bits per heavy atom. The topological polar surface area (TPSA) is 26.4 Å². The van der Waals surface area contributed by atoms with Gasteiger partial charge in [0.05, 0.1) is 7.05 Å². The molecule has 0 spiro atoms. The summed E-state index contributed by atoms with van der Waals surface area (Å²) in [4.78, 5) is 15.6. The predicted octanol–water partition coefficient (Wildman–Crippen LogP) is 4.74. The van der Waals surface area contributed by atoms with Crippen LogP contribution >= 0.6 is 11.6 Å². The van der Waals surface area contributed by atoms with Crippen LogP contribution < -0.4 is 0 Å². The molecule has 21 heavy (non-hydrogen) atoms. The van der Waals surface area contributed by atoms with Gasteiger partial charge in [-0.1, -0.05) is 31.2 Å². The minimum absolute atomic E-state index is 0.135. The van der Waals surface area contributed by atoms with Gasteiger partial charge in [-0.3, -0.25) is 9.36 Å². The average Bonchev–Trinajstić information content (AvgIpc) is 2.79. The number of aromatic nitrogens is 1. The van der Waals surface area contributed by atoms with Gasteiger partial charge in [0, 0.05) is 17.0 Å². The number of nitrogens with zero attached hydrogens (tertiary/aromatic N) is 2. The molecule has 0 radical (unpaired) electrons. The number of carbonyl (C=O) groups is 1. The Bertz CT molecular complexity index is 710. The van der Waals surface area contributed by atoms with Crippen molar-refractivity contribution in [2.75, 3.05) is 0 Å². The van der Waals surface area contributed by atoms with Crippen LogP contribution in [0.15, 0.2) is 30.3 Å². The van der Waals surface area contributed by atoms with E-state index < -0.39 is 5.82 Å². The average molecular weight is 305 g/mol. The van der Waals surface area contributed by atoms with Crippen LogP contribution in [0.3, 0.4) is 0 Å². The Morgan fingerprint density at radius 2 is 2.14 bits per heavy atom. The molecule has 1 aromatic heterocycles. The third-order valence-corrected chi connectivity index (χ3v) is 3.81. The van der Waals surface area contributed by atoms with Crippen molar-refractivity contribution in [1.29, 1.82) is 0 Å². The molecule has 0 amide bonds. The van der Waals surface area contributed by atoms with E-state index >= 15 is 0 Å². The molecular weight excluding hydrogens is 291 g/mol. The smallest absolute Gasteiger partial charge is 0.230 e. The lowest BCUT2D eigenvalue weighted by Crippen LogP contribution is -2.10. The highest BCUT2D eigenvalue weighted by Gasteiger charge is 2.22. The number of rotatable bonds is 4. The molecule has 1 atom stereocenters. The van der Waals surface area contributed by atoms with Crippen LogP contribution in [0.1, 0.15) is 35.3 Å². The molecule has 0 fully saturated rings. The van der Waals surface area contributed by atoms with Gasteiger partial charge in [0.15, 0.2) is 5.69 Å². The number of hydrogen-bond donors (Lipinski definition) is 0. The summed E-state index contributed by atoms with van der Waals surface area (Å²) in [6.07, 6.45) is 0.135. The Labute approximate surface area is 127 Å². The molecule has 0 N–H and O–H groups in total. The van der Waals surface area contributed by atoms with E-state index in [1.165, 1.54) is 12.1 Å². The zero-order chi connectivity index (χ0) is 15.6. The lowest BCUT2D eigenvalue weighted by molar-refractivity contribution is 0.0967. The fraction of sp³-hybridized carbons (Fsp3) is 0.250. The summed E-state index contributed by atoms with van der Waals surface area (Å²) < 4.78 is 15.4. The number of Topliss-reactive ketones (excluding diaryl/α,β-unsaturated/α-hetero) is 1. The number of benzene rings is 1. The molecule has 0 aliphatic heterocycles. The van der Waals surface area contributed by atoms with Gasteiger partial charge in [-0.2, -0.15) is 0 Å². The molecule has 0 saturated carbocycles. The van der Waals surface area contributed by atoms with E-state index in [1.807, 2.05) is 0 Å². The molecule has 0 aliphatic carbocycles. The molecule has 5 heteroatoms. The molecule has 0 bridgehead atoms. The quantitative estimate of drug-likeness (QED) is 0.591. The number of hydrogen-bond acceptors (Lipinski definition) is 1. The highest BCUT2D eigenvalue weighted by atomic mass is 35.5. The second-order valence-electron chi connectivity index (χ2n) is 4.91. The first-order chi connectivity index (χ1) is 9.95. The summed E-state index contributed by atoms with van der Waals surface area (Å²) in [6.45, 7) is 8.76. The molecule has 2 rings (SSSR count). The minimum atomic E-state index is -0.406. The van der Waals surface area contributed by atoms with Crippen molar-refractivity contribution in [3.8, 4) is 0 Å². The summed E-state index contributed by atoms with van der Waals surface area (Å²) in [7, 11) is 1.67. The van der Waals surface area contributed by atoms with Gasteiger partial charge in [-0.25, -0.2) is 4.39 Å². The van der Waals surface area contributed by atoms with E-state index in [2.05, 4.69) is 4.85 Å². The number of halogens is 2. The Hall–Kier alpha value is -2.12. The standard InChI is InChI=1S/C16H14ClFN2O/c1-10(16-11(17)5-4-6-12(16)18)9-14(21)13-7-8-15(19-2)20(13)3/h4-8,10H,9H2,1,3H3/t10-/m1/s1. The first-order valence-corrected chi connectivity index (χ1v) is 6.83. The van der Waals surface area contributed by atoms with Crippen molar-refractivity contribution in [2.24, 2.45) is 7.05 Å². The maximum absolute atomic E-state index is 13.9. The van der Waals surface area contributed by atoms with Crippen molar-refractivity contribution >= 4 is 23.2 Å². The first kappa shape index (κ1) is 15.3. The lowest BCUT2D eigenvalue weighted by atomic mass is 9.94. The van der Waals surface area contributed by atoms with E-state index in [9.17, 15) is 9.18 Å². The maximum atomic E-state index is 13.9. The van der Waals surface area contributed by atoms with Gasteiger partial charge < -0.3 is 4.85 Å². The zero-order valence-electron chi connectivity index (χ0n) is 11.7. The van der Waals surface area contributed by atoms with Crippen LogP contribution in [0.25, 0.3) is 4.85 Å². The summed E-state index contributed by atoms with van der Waals surface area (Å²) in [5, 5.41) is 0.323. The van der Waals surface area contributed by atoms with Gasteiger partial charge >= 0.3 is 0 Å². The van der Waals surface area contributed by atoms with Gasteiger partial charge in [-0.05, 0) is 30.2 Å². The van der Waals surface area contributed by atoms with Crippen LogP contribution in [-0.4, -0.2) is 10.4 Å². The molecule has 1 aromatic carbocycles. The highest BCUT2D eigenvalue weighted by molar-refractivity contribution is 6.31. The number of ketones is 1. The van der Waals surface area contributed by atoms with Crippen LogP contribution in [0.2, 0.25) is 5.02 Å². The van der Waals surface area contributed by atoms with Crippen molar-refractivity contribution in [1.82, 2.24) is 4.57 Å². The molecule has 1 heterocycles. The maximum Gasteiger partial charge on any atom is 0.230 e. The summed E-state index contributed by atoms with van der Waals surface area (Å²) >= 11 is 6.02. The first-order valence-electron chi connectivity index (χ1n) is 6.46. The monoisotopic (exact) mass is 304 g/mol. The molecule has 108 valence electrons. The van der Waals surface area contributed by atoms with Crippen LogP contribution in [0.5, 0.6) is 0 Å². The molecule has 0 saturated heterocycles. The Balaban J connectivity index is 2.23. The molecule has 0 unspecified atom stereocenters. The fourth-order valence-electron chi connectivity index (χ4n) is 2.36. The SMILES string of the molecule is [C-]#[N+]c1ccc(C(=O)C[C@@H](C)c2c(F)cccc2Cl)n1C. The van der Waals surface area contributed by atoms with Crippen molar-refractivity contribution < 1.29 is 9.18 Å². The highest BCUT2D eigenvalue weighted by Crippen LogP contribution is 2.30. The van der Waals surface area contributed by atoms with Crippen molar-refractivity contribution in [3.63, 3.8) is 0 Å². The molecule has 2 aromatic rings. The van der Waals surface area contributed by atoms with E-state index in [1.54, 1.807) is 36.7 Å². The third kappa shape index (κ3) is 2.98. The van der Waals surface area contributed by atoms with Gasteiger partial charge in [-0.15, -0.1) is 0 Å². The van der Waals surface area contributed by atoms with E-state index in [0.29, 0.717) is 22.1 Å². The zero-order valence-corrected chi connectivity index (χ0v) is 12.5. The normalized spacial score (nSPS) is 12.0. The lowest BCUT2D eigenvalue weighted by Gasteiger charge is -2.13. The summed E-state index contributed by atoms with van der Waals surface area (Å²) in [5.74, 6) is -0.483. The fourth-order valence-corrected chi connectivity index (χ4v) is 2.71. The van der Waals surface area contributed by atoms with Crippen molar-refractivity contribution in [3.05, 3.63) is 63.8 Å². The summed E-state index contributed by atoms with van der Waals surface area (Å²) in [5.41, 5.74) is 0.799. The van der Waals surface area contributed by atoms with Gasteiger partial charge in [0.1, 0.15) is 5.82 Å². The van der Waals surface area contributed by atoms with E-state index in [4.69, 9.17) is 18.2 Å². The molecular formula is C16H14ClFN2O.